The van der Waals surface area contributed by atoms with Crippen LogP contribution in [-0.4, -0.2) is 23.8 Å². The number of carbonyl (C=O) groups excluding carboxylic acids is 3. The number of esters is 2. The zero-order valence-corrected chi connectivity index (χ0v) is 16.7. The van der Waals surface area contributed by atoms with Crippen LogP contribution in [0.15, 0.2) is 30.3 Å². The van der Waals surface area contributed by atoms with Gasteiger partial charge in [-0.3, -0.25) is 14.4 Å². The zero-order chi connectivity index (χ0) is 20.1. The number of Topliss-reactive ketones (excluding diaryl/α,β-unsaturated/α-hetero) is 1. The molecule has 0 aromatic heterocycles. The number of carbonyl (C=O) groups is 3. The van der Waals surface area contributed by atoms with Gasteiger partial charge in [0.2, 0.25) is 0 Å². The lowest BCUT2D eigenvalue weighted by atomic mass is 9.90. The normalized spacial score (nSPS) is 21.0. The van der Waals surface area contributed by atoms with Gasteiger partial charge < -0.3 is 9.47 Å². The van der Waals surface area contributed by atoms with Crippen molar-refractivity contribution in [3.8, 4) is 0 Å². The molecule has 1 aliphatic carbocycles. The minimum absolute atomic E-state index is 0.00912. The summed E-state index contributed by atoms with van der Waals surface area (Å²) >= 11 is 0. The number of hydrogen-bond donors (Lipinski definition) is 0. The first-order chi connectivity index (χ1) is 12.7. The molecule has 1 aliphatic rings. The molecule has 1 aromatic rings. The lowest BCUT2D eigenvalue weighted by Crippen LogP contribution is -2.34. The highest BCUT2D eigenvalue weighted by Gasteiger charge is 2.44. The van der Waals surface area contributed by atoms with Crippen LogP contribution in [0.4, 0.5) is 0 Å². The highest BCUT2D eigenvalue weighted by molar-refractivity contribution is 5.83. The molecule has 0 spiro atoms. The molecule has 2 rings (SSSR count). The molecule has 0 radical (unpaired) electrons. The molecule has 0 aliphatic heterocycles. The van der Waals surface area contributed by atoms with E-state index >= 15 is 0 Å². The predicted molar refractivity (Wildman–Crippen MR) is 102 cm³/mol. The van der Waals surface area contributed by atoms with E-state index in [-0.39, 0.29) is 24.6 Å². The summed E-state index contributed by atoms with van der Waals surface area (Å²) in [6.07, 6.45) is 1.73. The number of ketones is 1. The summed E-state index contributed by atoms with van der Waals surface area (Å²) in [4.78, 5) is 36.8. The summed E-state index contributed by atoms with van der Waals surface area (Å²) in [7, 11) is 0. The lowest BCUT2D eigenvalue weighted by Gasteiger charge is -2.30. The van der Waals surface area contributed by atoms with Crippen molar-refractivity contribution in [3.63, 3.8) is 0 Å². The quantitative estimate of drug-likeness (QED) is 0.634. The molecule has 5 heteroatoms. The number of rotatable bonds is 8. The van der Waals surface area contributed by atoms with Crippen LogP contribution in [0.25, 0.3) is 0 Å². The van der Waals surface area contributed by atoms with E-state index in [0.29, 0.717) is 25.7 Å². The van der Waals surface area contributed by atoms with E-state index in [1.165, 1.54) is 0 Å². The minimum atomic E-state index is -0.902. The Balaban J connectivity index is 2.07. The summed E-state index contributed by atoms with van der Waals surface area (Å²) in [5.74, 6) is -0.657. The van der Waals surface area contributed by atoms with Crippen LogP contribution in [0.2, 0.25) is 0 Å². The Labute approximate surface area is 161 Å². The molecule has 0 saturated heterocycles. The van der Waals surface area contributed by atoms with Gasteiger partial charge in [0.1, 0.15) is 17.5 Å². The van der Waals surface area contributed by atoms with Crippen LogP contribution in [0.5, 0.6) is 0 Å². The van der Waals surface area contributed by atoms with Crippen LogP contribution in [-0.2, 0) is 29.5 Å². The number of ether oxygens (including phenoxy) is 2. The van der Waals surface area contributed by atoms with Crippen LogP contribution in [0.1, 0.15) is 71.8 Å². The van der Waals surface area contributed by atoms with Gasteiger partial charge >= 0.3 is 11.9 Å². The van der Waals surface area contributed by atoms with E-state index in [2.05, 4.69) is 0 Å². The Morgan fingerprint density at radius 1 is 1.19 bits per heavy atom. The van der Waals surface area contributed by atoms with Crippen LogP contribution < -0.4 is 0 Å². The van der Waals surface area contributed by atoms with Crippen molar-refractivity contribution in [1.29, 1.82) is 0 Å². The fourth-order valence-electron chi connectivity index (χ4n) is 3.14. The fraction of sp³-hybridized carbons (Fsp3) is 0.591. The molecule has 0 amide bonds. The van der Waals surface area contributed by atoms with Crippen molar-refractivity contribution >= 4 is 17.7 Å². The molecule has 1 fully saturated rings. The maximum atomic E-state index is 12.6. The van der Waals surface area contributed by atoms with Gasteiger partial charge in [0.15, 0.2) is 0 Å². The highest BCUT2D eigenvalue weighted by Crippen LogP contribution is 2.41. The van der Waals surface area contributed by atoms with Crippen LogP contribution in [0.3, 0.4) is 0 Å². The predicted octanol–water partition coefficient (Wildman–Crippen LogP) is 4.33. The van der Waals surface area contributed by atoms with Crippen molar-refractivity contribution in [1.82, 2.24) is 0 Å². The van der Waals surface area contributed by atoms with E-state index in [0.717, 1.165) is 5.56 Å². The molecule has 2 atom stereocenters. The topological polar surface area (TPSA) is 69.7 Å². The van der Waals surface area contributed by atoms with Gasteiger partial charge in [-0.05, 0) is 38.7 Å². The largest absolute Gasteiger partial charge is 0.461 e. The molecule has 148 valence electrons. The van der Waals surface area contributed by atoms with Crippen LogP contribution >= 0.6 is 0 Å². The smallest absolute Gasteiger partial charge is 0.311 e. The van der Waals surface area contributed by atoms with Gasteiger partial charge in [-0.1, -0.05) is 44.2 Å². The third-order valence-corrected chi connectivity index (χ3v) is 5.46. The summed E-state index contributed by atoms with van der Waals surface area (Å²) in [6.45, 7) is 7.46. The molecule has 0 bridgehead atoms. The Kier molecular flexibility index (Phi) is 6.79. The Hall–Kier alpha value is -2.17. The second-order valence-electron chi connectivity index (χ2n) is 7.93. The monoisotopic (exact) mass is 374 g/mol. The molecular formula is C22H30O5. The molecule has 1 aromatic carbocycles. The Morgan fingerprint density at radius 3 is 2.37 bits per heavy atom. The summed E-state index contributed by atoms with van der Waals surface area (Å²) < 4.78 is 11.4. The summed E-state index contributed by atoms with van der Waals surface area (Å²) in [5.41, 5.74) is -0.651. The third kappa shape index (κ3) is 5.18. The second-order valence-corrected chi connectivity index (χ2v) is 7.93. The van der Waals surface area contributed by atoms with Gasteiger partial charge in [0, 0.05) is 6.42 Å². The first-order valence-electron chi connectivity index (χ1n) is 9.72. The van der Waals surface area contributed by atoms with E-state index in [9.17, 15) is 14.4 Å². The SMILES string of the molecule is CCC(CC(=O)OC1(c2ccccc2)CCC(=O)C1)OC(=O)C(C)(C)CC. The Morgan fingerprint density at radius 2 is 1.85 bits per heavy atom. The van der Waals surface area contributed by atoms with Gasteiger partial charge in [-0.25, -0.2) is 0 Å². The second kappa shape index (κ2) is 8.68. The van der Waals surface area contributed by atoms with Crippen molar-refractivity contribution < 1.29 is 23.9 Å². The molecule has 27 heavy (non-hydrogen) atoms. The van der Waals surface area contributed by atoms with Crippen molar-refractivity contribution in [2.24, 2.45) is 5.41 Å². The van der Waals surface area contributed by atoms with Crippen molar-refractivity contribution in [2.45, 2.75) is 77.9 Å². The van der Waals surface area contributed by atoms with Gasteiger partial charge in [0.25, 0.3) is 0 Å². The van der Waals surface area contributed by atoms with E-state index < -0.39 is 23.1 Å². The minimum Gasteiger partial charge on any atom is -0.461 e. The average molecular weight is 374 g/mol. The Bertz CT molecular complexity index is 679. The average Bonchev–Trinajstić information content (AvgIpc) is 3.03. The highest BCUT2D eigenvalue weighted by atomic mass is 16.6. The molecule has 0 N–H and O–H groups in total. The maximum absolute atomic E-state index is 12.6. The molecule has 5 nitrogen and oxygen atoms in total. The first-order valence-corrected chi connectivity index (χ1v) is 9.72. The molecule has 1 saturated carbocycles. The maximum Gasteiger partial charge on any atom is 0.311 e. The zero-order valence-electron chi connectivity index (χ0n) is 16.7. The first kappa shape index (κ1) is 21.1. The van der Waals surface area contributed by atoms with Gasteiger partial charge in [-0.15, -0.1) is 0 Å². The molecule has 0 heterocycles. The van der Waals surface area contributed by atoms with Crippen molar-refractivity contribution in [3.05, 3.63) is 35.9 Å². The third-order valence-electron chi connectivity index (χ3n) is 5.46. The van der Waals surface area contributed by atoms with E-state index in [1.54, 1.807) is 0 Å². The lowest BCUT2D eigenvalue weighted by molar-refractivity contribution is -0.169. The van der Waals surface area contributed by atoms with Crippen molar-refractivity contribution in [2.75, 3.05) is 0 Å². The standard InChI is InChI=1S/C22H30O5/c1-5-18(26-20(25)21(3,4)6-2)14-19(24)27-22(13-12-17(23)15-22)16-10-8-7-9-11-16/h7-11,18H,5-6,12-15H2,1-4H3. The molecular weight excluding hydrogens is 344 g/mol. The number of hydrogen-bond acceptors (Lipinski definition) is 5. The van der Waals surface area contributed by atoms with Gasteiger partial charge in [0.05, 0.1) is 18.3 Å². The van der Waals surface area contributed by atoms with Crippen LogP contribution in [0, 0.1) is 5.41 Å². The van der Waals surface area contributed by atoms with Gasteiger partial charge in [-0.2, -0.15) is 0 Å². The number of benzene rings is 1. The van der Waals surface area contributed by atoms with E-state index in [4.69, 9.17) is 9.47 Å². The summed E-state index contributed by atoms with van der Waals surface area (Å²) in [6, 6.07) is 9.39. The van der Waals surface area contributed by atoms with E-state index in [1.807, 2.05) is 58.0 Å². The molecule has 2 unspecified atom stereocenters. The summed E-state index contributed by atoms with van der Waals surface area (Å²) in [5, 5.41) is 0. The fourth-order valence-corrected chi connectivity index (χ4v) is 3.14.